The van der Waals surface area contributed by atoms with E-state index in [1.165, 1.54) is 20.0 Å². The summed E-state index contributed by atoms with van der Waals surface area (Å²) in [6, 6.07) is 13.7. The predicted octanol–water partition coefficient (Wildman–Crippen LogP) is 4.33. The number of hydrogen-bond acceptors (Lipinski definition) is 6. The smallest absolute Gasteiger partial charge is 0.411 e. The Hall–Kier alpha value is -2.77. The Morgan fingerprint density at radius 1 is 1.03 bits per heavy atom. The summed E-state index contributed by atoms with van der Waals surface area (Å²) in [4.78, 5) is 11.3. The largest absolute Gasteiger partial charge is 0.493 e. The highest BCUT2D eigenvalue weighted by Gasteiger charge is 2.18. The van der Waals surface area contributed by atoms with Crippen molar-refractivity contribution in [2.45, 2.75) is 44.9 Å². The number of carbonyl (C=O) groups excluding carboxylic acids is 1. The van der Waals surface area contributed by atoms with Gasteiger partial charge in [0.2, 0.25) is 0 Å². The van der Waals surface area contributed by atoms with Gasteiger partial charge >= 0.3 is 6.09 Å². The average molecular weight is 414 g/mol. The Bertz CT molecular complexity index is 820. The number of benzene rings is 2. The van der Waals surface area contributed by atoms with Crippen LogP contribution in [0.4, 0.5) is 10.5 Å². The molecule has 2 N–H and O–H groups in total. The third-order valence-electron chi connectivity index (χ3n) is 5.18. The summed E-state index contributed by atoms with van der Waals surface area (Å²) in [5.41, 5.74) is 6.37. The van der Waals surface area contributed by atoms with Crippen LogP contribution in [0, 0.1) is 0 Å². The van der Waals surface area contributed by atoms with Crippen LogP contribution in [-0.2, 0) is 17.8 Å². The van der Waals surface area contributed by atoms with Crippen LogP contribution in [0.15, 0.2) is 42.5 Å². The molecular weight excluding hydrogens is 382 g/mol. The number of methoxy groups -OCH3 is 2. The Labute approximate surface area is 178 Å². The first kappa shape index (κ1) is 21.9. The number of hydrogen-bond donors (Lipinski definition) is 2. The van der Waals surface area contributed by atoms with Crippen molar-refractivity contribution in [3.05, 3.63) is 53.6 Å². The van der Waals surface area contributed by atoms with Crippen molar-refractivity contribution in [2.75, 3.05) is 26.6 Å². The zero-order valence-electron chi connectivity index (χ0n) is 17.9. The molecule has 0 heterocycles. The fraction of sp³-hybridized carbons (Fsp3) is 0.435. The number of amides is 1. The van der Waals surface area contributed by atoms with Crippen molar-refractivity contribution >= 4 is 11.8 Å². The zero-order valence-corrected chi connectivity index (χ0v) is 17.9. The lowest BCUT2D eigenvalue weighted by Gasteiger charge is -2.20. The van der Waals surface area contributed by atoms with Crippen molar-refractivity contribution in [1.82, 2.24) is 10.4 Å². The van der Waals surface area contributed by atoms with Crippen molar-refractivity contribution in [2.24, 2.45) is 0 Å². The first-order chi connectivity index (χ1) is 14.6. The van der Waals surface area contributed by atoms with Gasteiger partial charge in [-0.25, -0.2) is 9.80 Å². The molecule has 0 unspecified atom stereocenters. The van der Waals surface area contributed by atoms with E-state index in [2.05, 4.69) is 27.6 Å². The number of rotatable bonds is 9. The molecule has 162 valence electrons. The molecular formula is C23H31N3O4. The van der Waals surface area contributed by atoms with Gasteiger partial charge in [0.1, 0.15) is 0 Å². The second kappa shape index (κ2) is 10.8. The van der Waals surface area contributed by atoms with Gasteiger partial charge in [-0.05, 0) is 61.1 Å². The summed E-state index contributed by atoms with van der Waals surface area (Å²) in [7, 11) is 5.02. The van der Waals surface area contributed by atoms with Gasteiger partial charge in [-0.15, -0.1) is 0 Å². The number of anilines is 1. The van der Waals surface area contributed by atoms with Crippen LogP contribution in [0.5, 0.6) is 11.5 Å². The molecule has 1 aliphatic carbocycles. The molecule has 1 aliphatic rings. The molecule has 0 atom stereocenters. The molecule has 2 aromatic carbocycles. The van der Waals surface area contributed by atoms with Gasteiger partial charge in [0.15, 0.2) is 11.5 Å². The van der Waals surface area contributed by atoms with Crippen LogP contribution in [0.25, 0.3) is 0 Å². The van der Waals surface area contributed by atoms with E-state index >= 15 is 0 Å². The van der Waals surface area contributed by atoms with E-state index in [-0.39, 0.29) is 0 Å². The third-order valence-corrected chi connectivity index (χ3v) is 5.18. The van der Waals surface area contributed by atoms with Gasteiger partial charge < -0.3 is 14.2 Å². The number of nitrogens with one attached hydrogen (secondary N) is 2. The van der Waals surface area contributed by atoms with E-state index in [0.717, 1.165) is 42.0 Å². The monoisotopic (exact) mass is 413 g/mol. The number of hydrazine groups is 1. The summed E-state index contributed by atoms with van der Waals surface area (Å²) < 4.78 is 16.2. The lowest BCUT2D eigenvalue weighted by Crippen LogP contribution is -2.33. The minimum atomic E-state index is -0.475. The first-order valence-electron chi connectivity index (χ1n) is 10.3. The van der Waals surface area contributed by atoms with Gasteiger partial charge in [0.05, 0.1) is 20.3 Å². The minimum absolute atomic E-state index is 0.293. The summed E-state index contributed by atoms with van der Waals surface area (Å²) in [6.45, 7) is 1.41. The lowest BCUT2D eigenvalue weighted by molar-refractivity contribution is 0.187. The topological polar surface area (TPSA) is 72.1 Å². The van der Waals surface area contributed by atoms with Crippen molar-refractivity contribution in [3.63, 3.8) is 0 Å². The van der Waals surface area contributed by atoms with Crippen molar-refractivity contribution in [1.29, 1.82) is 0 Å². The molecule has 3 rings (SSSR count). The molecule has 0 aliphatic heterocycles. The third kappa shape index (κ3) is 6.37. The van der Waals surface area contributed by atoms with Crippen LogP contribution in [0.3, 0.4) is 0 Å². The summed E-state index contributed by atoms with van der Waals surface area (Å²) >= 11 is 0. The number of ether oxygens (including phenoxy) is 3. The van der Waals surface area contributed by atoms with E-state index in [4.69, 9.17) is 9.47 Å². The Morgan fingerprint density at radius 2 is 1.73 bits per heavy atom. The van der Waals surface area contributed by atoms with Crippen LogP contribution in [-0.4, -0.2) is 38.5 Å². The molecule has 1 saturated carbocycles. The quantitative estimate of drug-likeness (QED) is 0.596. The summed E-state index contributed by atoms with van der Waals surface area (Å²) in [5.74, 6) is 1.60. The molecule has 7 nitrogen and oxygen atoms in total. The highest BCUT2D eigenvalue weighted by atomic mass is 16.5. The molecule has 2 aromatic rings. The normalized spacial score (nSPS) is 14.0. The van der Waals surface area contributed by atoms with Crippen molar-refractivity contribution < 1.29 is 19.0 Å². The van der Waals surface area contributed by atoms with E-state index < -0.39 is 6.09 Å². The van der Waals surface area contributed by atoms with Gasteiger partial charge in [0, 0.05) is 25.8 Å². The van der Waals surface area contributed by atoms with Gasteiger partial charge in [0.25, 0.3) is 0 Å². The molecule has 30 heavy (non-hydrogen) atoms. The predicted molar refractivity (Wildman–Crippen MR) is 117 cm³/mol. The maximum absolute atomic E-state index is 11.3. The molecule has 0 bridgehead atoms. The fourth-order valence-electron chi connectivity index (χ4n) is 3.53. The minimum Gasteiger partial charge on any atom is -0.493 e. The van der Waals surface area contributed by atoms with Crippen LogP contribution in [0.2, 0.25) is 0 Å². The SMILES string of the molecule is COC(=O)Nc1ccc(CN(C)NCc2ccc(OC)c(OC3CCCC3)c2)cc1. The molecule has 0 aromatic heterocycles. The number of carbonyl (C=O) groups is 1. The Kier molecular flexibility index (Phi) is 7.93. The van der Waals surface area contributed by atoms with Crippen LogP contribution >= 0.6 is 0 Å². The van der Waals surface area contributed by atoms with E-state index in [1.54, 1.807) is 7.11 Å². The van der Waals surface area contributed by atoms with E-state index in [1.807, 2.05) is 42.4 Å². The van der Waals surface area contributed by atoms with Crippen molar-refractivity contribution in [3.8, 4) is 11.5 Å². The molecule has 0 saturated heterocycles. The molecule has 7 heteroatoms. The highest BCUT2D eigenvalue weighted by molar-refractivity contribution is 5.84. The summed E-state index contributed by atoms with van der Waals surface area (Å²) in [5, 5.41) is 4.68. The lowest BCUT2D eigenvalue weighted by atomic mass is 10.2. The van der Waals surface area contributed by atoms with Gasteiger partial charge in [-0.3, -0.25) is 10.7 Å². The fourth-order valence-corrected chi connectivity index (χ4v) is 3.53. The average Bonchev–Trinajstić information content (AvgIpc) is 3.27. The first-order valence-corrected chi connectivity index (χ1v) is 10.3. The Balaban J connectivity index is 1.52. The molecule has 1 fully saturated rings. The highest BCUT2D eigenvalue weighted by Crippen LogP contribution is 2.32. The van der Waals surface area contributed by atoms with Gasteiger partial charge in [-0.2, -0.15) is 0 Å². The summed E-state index contributed by atoms with van der Waals surface area (Å²) in [6.07, 6.45) is 4.51. The standard InChI is InChI=1S/C23H31N3O4/c1-26(16-17-8-11-19(12-9-17)25-23(27)29-3)24-15-18-10-13-21(28-2)22(14-18)30-20-6-4-5-7-20/h8-14,20,24H,4-7,15-16H2,1-3H3,(H,25,27). The molecule has 0 radical (unpaired) electrons. The van der Waals surface area contributed by atoms with Crippen LogP contribution in [0.1, 0.15) is 36.8 Å². The van der Waals surface area contributed by atoms with E-state index in [9.17, 15) is 4.79 Å². The maximum atomic E-state index is 11.3. The van der Waals surface area contributed by atoms with E-state index in [0.29, 0.717) is 18.3 Å². The second-order valence-corrected chi connectivity index (χ2v) is 7.51. The van der Waals surface area contributed by atoms with Crippen LogP contribution < -0.4 is 20.2 Å². The molecule has 1 amide bonds. The zero-order chi connectivity index (χ0) is 21.3. The Morgan fingerprint density at radius 3 is 2.40 bits per heavy atom. The van der Waals surface area contributed by atoms with Gasteiger partial charge in [-0.1, -0.05) is 18.2 Å². The molecule has 0 spiro atoms. The second-order valence-electron chi connectivity index (χ2n) is 7.51. The maximum Gasteiger partial charge on any atom is 0.411 e. The number of nitrogens with zero attached hydrogens (tertiary/aromatic N) is 1.